The maximum atomic E-state index is 12.9. The Bertz CT molecular complexity index is 940. The van der Waals surface area contributed by atoms with Crippen LogP contribution in [0.5, 0.6) is 0 Å². The van der Waals surface area contributed by atoms with Crippen molar-refractivity contribution in [1.82, 2.24) is 9.47 Å². The lowest BCUT2D eigenvalue weighted by Gasteiger charge is -2.10. The smallest absolute Gasteiger partial charge is 0.263 e. The summed E-state index contributed by atoms with van der Waals surface area (Å²) in [4.78, 5) is 15.1. The van der Waals surface area contributed by atoms with Crippen molar-refractivity contribution in [3.8, 4) is 11.3 Å². The number of benzene rings is 2. The van der Waals surface area contributed by atoms with Crippen LogP contribution < -0.4 is 0 Å². The molecule has 1 aromatic heterocycles. The Morgan fingerprint density at radius 3 is 2.52 bits per heavy atom. The molecule has 3 aromatic rings. The van der Waals surface area contributed by atoms with E-state index in [1.807, 2.05) is 36.4 Å². The number of aromatic nitrogens is 1. The number of rotatable bonds is 3. The Labute approximate surface area is 140 Å². The largest absolute Gasteiger partial charge is 0.309 e. The third-order valence-electron chi connectivity index (χ3n) is 4.47. The second kappa shape index (κ2) is 5.22. The van der Waals surface area contributed by atoms with E-state index < -0.39 is 0 Å². The van der Waals surface area contributed by atoms with E-state index in [-0.39, 0.29) is 5.91 Å². The minimum Gasteiger partial charge on any atom is -0.309 e. The molecule has 1 aliphatic heterocycles. The summed E-state index contributed by atoms with van der Waals surface area (Å²) in [7, 11) is 4.12. The molecule has 0 amide bonds. The molecule has 0 aliphatic carbocycles. The van der Waals surface area contributed by atoms with E-state index in [1.54, 1.807) is 4.57 Å². The zero-order valence-electron chi connectivity index (χ0n) is 13.1. The van der Waals surface area contributed by atoms with Crippen LogP contribution in [0.3, 0.4) is 0 Å². The Morgan fingerprint density at radius 1 is 1.04 bits per heavy atom. The van der Waals surface area contributed by atoms with E-state index >= 15 is 0 Å². The lowest BCUT2D eigenvalue weighted by atomic mass is 10.00. The van der Waals surface area contributed by atoms with Crippen LogP contribution in [-0.4, -0.2) is 36.0 Å². The van der Waals surface area contributed by atoms with Gasteiger partial charge in [0.1, 0.15) is 0 Å². The average Bonchev–Trinajstić information content (AvgIpc) is 3.01. The molecule has 4 rings (SSSR count). The Kier molecular flexibility index (Phi) is 3.29. The molecule has 116 valence electrons. The first-order valence-electron chi connectivity index (χ1n) is 7.70. The molecule has 0 bridgehead atoms. The highest BCUT2D eigenvalue weighted by molar-refractivity contribution is 6.36. The first kappa shape index (κ1) is 14.5. The second-order valence-corrected chi connectivity index (χ2v) is 6.61. The summed E-state index contributed by atoms with van der Waals surface area (Å²) in [6.07, 6.45) is 0.883. The molecule has 2 heterocycles. The van der Waals surface area contributed by atoms with E-state index in [1.165, 1.54) is 5.56 Å². The molecule has 0 fully saturated rings. The standard InChI is InChI=1S/C19H17ClN2O/c1-21(2)11-10-14-12-8-5-9-16(20)18(12)22-17(14)13-6-3-4-7-15(13)19(22)23/h3-9H,10-11H2,1-2H3. The summed E-state index contributed by atoms with van der Waals surface area (Å²) in [5.74, 6) is 0.0183. The van der Waals surface area contributed by atoms with Crippen molar-refractivity contribution in [1.29, 1.82) is 0 Å². The van der Waals surface area contributed by atoms with E-state index in [2.05, 4.69) is 25.1 Å². The molecule has 1 aliphatic rings. The number of halogens is 1. The van der Waals surface area contributed by atoms with Crippen LogP contribution >= 0.6 is 11.6 Å². The van der Waals surface area contributed by atoms with Crippen LogP contribution in [0.4, 0.5) is 0 Å². The van der Waals surface area contributed by atoms with E-state index in [4.69, 9.17) is 11.6 Å². The highest BCUT2D eigenvalue weighted by atomic mass is 35.5. The Morgan fingerprint density at radius 2 is 1.78 bits per heavy atom. The first-order chi connectivity index (χ1) is 11.1. The second-order valence-electron chi connectivity index (χ2n) is 6.20. The van der Waals surface area contributed by atoms with Gasteiger partial charge in [-0.1, -0.05) is 41.9 Å². The molecule has 0 saturated heterocycles. The molecule has 4 heteroatoms. The van der Waals surface area contributed by atoms with Gasteiger partial charge in [0.25, 0.3) is 5.91 Å². The molecule has 23 heavy (non-hydrogen) atoms. The predicted octanol–water partition coefficient (Wildman–Crippen LogP) is 4.07. The molecule has 3 nitrogen and oxygen atoms in total. The number of hydrogen-bond acceptors (Lipinski definition) is 2. The van der Waals surface area contributed by atoms with Crippen LogP contribution in [0.15, 0.2) is 42.5 Å². The molecular weight excluding hydrogens is 308 g/mol. The van der Waals surface area contributed by atoms with Gasteiger partial charge in [-0.05, 0) is 38.2 Å². The molecule has 0 N–H and O–H groups in total. The van der Waals surface area contributed by atoms with Crippen LogP contribution in [0.1, 0.15) is 15.9 Å². The van der Waals surface area contributed by atoms with Gasteiger partial charge in [0.2, 0.25) is 0 Å². The Balaban J connectivity index is 2.06. The molecule has 0 atom stereocenters. The van der Waals surface area contributed by atoms with Gasteiger partial charge in [-0.25, -0.2) is 0 Å². The topological polar surface area (TPSA) is 25.2 Å². The van der Waals surface area contributed by atoms with Crippen molar-refractivity contribution >= 4 is 28.4 Å². The molecule has 0 spiro atoms. The number of likely N-dealkylation sites (N-methyl/N-ethyl adjacent to an activating group) is 1. The zero-order chi connectivity index (χ0) is 16.1. The van der Waals surface area contributed by atoms with Gasteiger partial charge in [-0.15, -0.1) is 0 Å². The number of carbonyl (C=O) groups excluding carboxylic acids is 1. The predicted molar refractivity (Wildman–Crippen MR) is 94.4 cm³/mol. The lowest BCUT2D eigenvalue weighted by molar-refractivity contribution is 0.0973. The summed E-state index contributed by atoms with van der Waals surface area (Å²) in [5, 5.41) is 1.71. The van der Waals surface area contributed by atoms with Crippen LogP contribution in [-0.2, 0) is 6.42 Å². The van der Waals surface area contributed by atoms with Crippen molar-refractivity contribution in [3.05, 3.63) is 58.6 Å². The third-order valence-corrected chi connectivity index (χ3v) is 4.77. The number of hydrogen-bond donors (Lipinski definition) is 0. The first-order valence-corrected chi connectivity index (χ1v) is 8.08. The van der Waals surface area contributed by atoms with Crippen molar-refractivity contribution < 1.29 is 4.79 Å². The SMILES string of the molecule is CN(C)CCc1c2n(c3c(Cl)cccc13)C(=O)c1ccccc1-2. The molecule has 2 aromatic carbocycles. The minimum atomic E-state index is 0.0183. The van der Waals surface area contributed by atoms with Gasteiger partial charge in [-0.2, -0.15) is 0 Å². The van der Waals surface area contributed by atoms with Crippen molar-refractivity contribution in [3.63, 3.8) is 0 Å². The van der Waals surface area contributed by atoms with E-state index in [9.17, 15) is 4.79 Å². The van der Waals surface area contributed by atoms with Crippen molar-refractivity contribution in [2.24, 2.45) is 0 Å². The van der Waals surface area contributed by atoms with Crippen molar-refractivity contribution in [2.45, 2.75) is 6.42 Å². The highest BCUT2D eigenvalue weighted by Gasteiger charge is 2.32. The molecule has 0 unspecified atom stereocenters. The number of carbonyl (C=O) groups is 1. The van der Waals surface area contributed by atoms with E-state index in [0.717, 1.165) is 40.7 Å². The van der Waals surface area contributed by atoms with Crippen molar-refractivity contribution in [2.75, 3.05) is 20.6 Å². The fourth-order valence-electron chi connectivity index (χ4n) is 3.43. The summed E-state index contributed by atoms with van der Waals surface area (Å²) in [6.45, 7) is 0.926. The van der Waals surface area contributed by atoms with Crippen LogP contribution in [0.25, 0.3) is 22.2 Å². The lowest BCUT2D eigenvalue weighted by Crippen LogP contribution is -2.15. The molecule has 0 radical (unpaired) electrons. The molecule has 0 saturated carbocycles. The fourth-order valence-corrected chi connectivity index (χ4v) is 3.69. The summed E-state index contributed by atoms with van der Waals surface area (Å²) < 4.78 is 1.80. The Hall–Kier alpha value is -2.10. The zero-order valence-corrected chi connectivity index (χ0v) is 13.9. The van der Waals surface area contributed by atoms with Gasteiger partial charge in [0.05, 0.1) is 16.2 Å². The number of nitrogens with zero attached hydrogens (tertiary/aromatic N) is 2. The van der Waals surface area contributed by atoms with Crippen LogP contribution in [0.2, 0.25) is 5.02 Å². The summed E-state index contributed by atoms with van der Waals surface area (Å²) in [5.41, 5.74) is 4.82. The number of para-hydroxylation sites is 1. The van der Waals surface area contributed by atoms with Gasteiger partial charge in [0.15, 0.2) is 0 Å². The van der Waals surface area contributed by atoms with Gasteiger partial charge < -0.3 is 4.90 Å². The number of fused-ring (bicyclic) bond motifs is 5. The third kappa shape index (κ3) is 2.04. The average molecular weight is 325 g/mol. The fraction of sp³-hybridized carbons (Fsp3) is 0.211. The van der Waals surface area contributed by atoms with Gasteiger partial charge >= 0.3 is 0 Å². The quantitative estimate of drug-likeness (QED) is 0.567. The summed E-state index contributed by atoms with van der Waals surface area (Å²) in [6, 6.07) is 13.7. The monoisotopic (exact) mass is 324 g/mol. The summed E-state index contributed by atoms with van der Waals surface area (Å²) >= 11 is 6.44. The normalized spacial score (nSPS) is 13.0. The molecular formula is C19H17ClN2O. The minimum absolute atomic E-state index is 0.0183. The van der Waals surface area contributed by atoms with Gasteiger partial charge in [-0.3, -0.25) is 9.36 Å². The van der Waals surface area contributed by atoms with Crippen LogP contribution in [0, 0.1) is 0 Å². The van der Waals surface area contributed by atoms with Gasteiger partial charge in [0, 0.05) is 23.1 Å². The highest BCUT2D eigenvalue weighted by Crippen LogP contribution is 2.43. The maximum absolute atomic E-state index is 12.9. The maximum Gasteiger partial charge on any atom is 0.263 e. The van der Waals surface area contributed by atoms with E-state index in [0.29, 0.717) is 5.02 Å².